The van der Waals surface area contributed by atoms with Gasteiger partial charge in [-0.05, 0) is 81.7 Å². The van der Waals surface area contributed by atoms with Crippen molar-refractivity contribution in [2.75, 3.05) is 37.7 Å². The van der Waals surface area contributed by atoms with Crippen molar-refractivity contribution in [3.8, 4) is 11.8 Å². The first-order valence-corrected chi connectivity index (χ1v) is 14.6. The van der Waals surface area contributed by atoms with Gasteiger partial charge in [-0.2, -0.15) is 9.97 Å². The van der Waals surface area contributed by atoms with Crippen LogP contribution in [0.15, 0.2) is 18.2 Å². The molecule has 1 aliphatic carbocycles. The first-order chi connectivity index (χ1) is 18.7. The minimum Gasteiger partial charge on any atom is -0.508 e. The van der Waals surface area contributed by atoms with Crippen molar-refractivity contribution in [1.29, 1.82) is 0 Å². The van der Waals surface area contributed by atoms with Crippen molar-refractivity contribution >= 4 is 5.82 Å². The molecule has 8 nitrogen and oxygen atoms in total. The number of fused-ring (bicyclic) bond motifs is 4. The van der Waals surface area contributed by atoms with Crippen LogP contribution < -0.4 is 9.64 Å². The summed E-state index contributed by atoms with van der Waals surface area (Å²) in [6.45, 7) is 5.29. The predicted octanol–water partition coefficient (Wildman–Crippen LogP) is 3.79. The van der Waals surface area contributed by atoms with E-state index in [9.17, 15) is 14.6 Å². The van der Waals surface area contributed by atoms with Gasteiger partial charge >= 0.3 is 6.01 Å². The molecule has 2 N–H and O–H groups in total. The summed E-state index contributed by atoms with van der Waals surface area (Å²) in [6.07, 6.45) is 6.68. The van der Waals surface area contributed by atoms with Gasteiger partial charge < -0.3 is 24.6 Å². The zero-order chi connectivity index (χ0) is 26.8. The van der Waals surface area contributed by atoms with Crippen LogP contribution in [0.4, 0.5) is 10.2 Å². The first kappa shape index (κ1) is 25.5. The molecule has 3 saturated heterocycles. The number of nitrogens with zero attached hydrogens (tertiary/aromatic N) is 4. The second-order valence-corrected chi connectivity index (χ2v) is 12.8. The Hall–Kier alpha value is -2.49. The summed E-state index contributed by atoms with van der Waals surface area (Å²) >= 11 is 0. The molecule has 4 atom stereocenters. The zero-order valence-electron chi connectivity index (χ0n) is 22.8. The Bertz CT molecular complexity index is 1270. The zero-order valence-corrected chi connectivity index (χ0v) is 22.8. The molecule has 39 heavy (non-hydrogen) atoms. The maximum absolute atomic E-state index is 14.4. The number of phenols is 1. The number of aliphatic hydroxyl groups is 1. The second-order valence-electron chi connectivity index (χ2n) is 12.8. The van der Waals surface area contributed by atoms with Crippen LogP contribution in [0.5, 0.6) is 11.8 Å². The molecular formula is C30H39FN4O4. The maximum Gasteiger partial charge on any atom is 0.318 e. The largest absolute Gasteiger partial charge is 0.508 e. The predicted molar refractivity (Wildman–Crippen MR) is 144 cm³/mol. The van der Waals surface area contributed by atoms with Gasteiger partial charge in [-0.3, -0.25) is 4.90 Å². The van der Waals surface area contributed by atoms with Gasteiger partial charge in [0.25, 0.3) is 0 Å². The van der Waals surface area contributed by atoms with E-state index in [0.29, 0.717) is 45.2 Å². The highest BCUT2D eigenvalue weighted by Crippen LogP contribution is 2.47. The summed E-state index contributed by atoms with van der Waals surface area (Å²) in [5, 5.41) is 21.2. The third-order valence-electron chi connectivity index (χ3n) is 9.81. The number of ether oxygens (including phenoxy) is 2. The molecule has 4 aliphatic heterocycles. The molecule has 0 bridgehead atoms. The average molecular weight is 539 g/mol. The number of rotatable bonds is 4. The van der Waals surface area contributed by atoms with Crippen molar-refractivity contribution in [1.82, 2.24) is 14.9 Å². The topological polar surface area (TPSA) is 91.2 Å². The average Bonchev–Trinajstić information content (AvgIpc) is 3.42. The standard InChI is InChI=1S/C30H39FN4O4/c1-28(37)8-3-11-34(18-28)26-23-17-39-30(10-2-5-20-6-7-22(36)13-24(20)30)15-25(23)32-27(33-26)38-19-29-9-4-12-35(29)16-21(31)14-29/h6-7,13,21,36-37H,2-5,8-12,14-19H2,1H3. The molecular weight excluding hydrogens is 499 g/mol. The SMILES string of the molecule is CC1(O)CCCN(c2nc(OCC34CCCN3CC(F)C4)nc3c2COC2(CCCc4ccc(O)cc42)C3)C1. The van der Waals surface area contributed by atoms with Crippen molar-refractivity contribution in [3.63, 3.8) is 0 Å². The number of aromatic nitrogens is 2. The molecule has 0 saturated carbocycles. The normalized spacial score (nSPS) is 34.1. The second kappa shape index (κ2) is 9.28. The lowest BCUT2D eigenvalue weighted by Gasteiger charge is -2.44. The van der Waals surface area contributed by atoms with E-state index in [2.05, 4.69) is 9.80 Å². The number of hydrogen-bond donors (Lipinski definition) is 2. The Kier molecular flexibility index (Phi) is 6.06. The highest BCUT2D eigenvalue weighted by atomic mass is 19.1. The van der Waals surface area contributed by atoms with E-state index in [-0.39, 0.29) is 11.3 Å². The molecule has 3 fully saturated rings. The number of β-amino-alcohol motifs (C(OH)–C–C–N with tert-alkyl or cyclic N) is 1. The summed E-state index contributed by atoms with van der Waals surface area (Å²) in [7, 11) is 0. The van der Waals surface area contributed by atoms with Crippen LogP contribution in [-0.2, 0) is 29.8 Å². The van der Waals surface area contributed by atoms with Gasteiger partial charge in [0.15, 0.2) is 0 Å². The van der Waals surface area contributed by atoms with Crippen LogP contribution in [0.1, 0.15) is 74.3 Å². The fourth-order valence-electron chi connectivity index (χ4n) is 7.93. The van der Waals surface area contributed by atoms with Crippen LogP contribution in [0.2, 0.25) is 0 Å². The van der Waals surface area contributed by atoms with Crippen LogP contribution in [0, 0.1) is 0 Å². The summed E-state index contributed by atoms with van der Waals surface area (Å²) < 4.78 is 27.4. The lowest BCUT2D eigenvalue weighted by Crippen LogP contribution is -2.47. The molecule has 210 valence electrons. The number of alkyl halides is 1. The molecule has 0 radical (unpaired) electrons. The molecule has 4 unspecified atom stereocenters. The summed E-state index contributed by atoms with van der Waals surface area (Å²) in [5.41, 5.74) is 2.48. The summed E-state index contributed by atoms with van der Waals surface area (Å²) in [4.78, 5) is 14.3. The van der Waals surface area contributed by atoms with E-state index in [4.69, 9.17) is 19.4 Å². The lowest BCUT2D eigenvalue weighted by atomic mass is 9.74. The number of halogens is 1. The summed E-state index contributed by atoms with van der Waals surface area (Å²) in [6, 6.07) is 5.93. The molecule has 7 rings (SSSR count). The van der Waals surface area contributed by atoms with Crippen molar-refractivity contribution in [3.05, 3.63) is 40.6 Å². The van der Waals surface area contributed by atoms with Gasteiger partial charge in [-0.1, -0.05) is 6.07 Å². The van der Waals surface area contributed by atoms with Gasteiger partial charge in [0.05, 0.1) is 29.0 Å². The van der Waals surface area contributed by atoms with Crippen molar-refractivity contribution < 1.29 is 24.1 Å². The fourth-order valence-corrected chi connectivity index (χ4v) is 7.93. The quantitative estimate of drug-likeness (QED) is 0.608. The molecule has 2 aromatic rings. The Morgan fingerprint density at radius 3 is 2.90 bits per heavy atom. The van der Waals surface area contributed by atoms with E-state index in [1.54, 1.807) is 6.07 Å². The van der Waals surface area contributed by atoms with Gasteiger partial charge in [-0.15, -0.1) is 0 Å². The van der Waals surface area contributed by atoms with E-state index in [0.717, 1.165) is 80.7 Å². The van der Waals surface area contributed by atoms with E-state index in [1.165, 1.54) is 5.56 Å². The Balaban J connectivity index is 1.25. The van der Waals surface area contributed by atoms with Gasteiger partial charge in [0.2, 0.25) is 0 Å². The number of hydrogen-bond acceptors (Lipinski definition) is 8. The highest BCUT2D eigenvalue weighted by Gasteiger charge is 2.50. The molecule has 5 aliphatic rings. The van der Waals surface area contributed by atoms with Gasteiger partial charge in [-0.25, -0.2) is 4.39 Å². The van der Waals surface area contributed by atoms with E-state index in [1.807, 2.05) is 19.1 Å². The molecule has 1 aromatic carbocycles. The number of benzene rings is 1. The molecule has 1 spiro atoms. The van der Waals surface area contributed by atoms with Crippen molar-refractivity contribution in [2.45, 2.75) is 94.2 Å². The number of phenolic OH excluding ortho intramolecular Hbond substituents is 1. The van der Waals surface area contributed by atoms with Crippen molar-refractivity contribution in [2.24, 2.45) is 0 Å². The number of aryl methyl sites for hydroxylation is 1. The Labute approximate surface area is 229 Å². The first-order valence-electron chi connectivity index (χ1n) is 14.6. The molecule has 0 amide bonds. The van der Waals surface area contributed by atoms with Crippen LogP contribution in [-0.4, -0.2) is 75.2 Å². The fraction of sp³-hybridized carbons (Fsp3) is 0.667. The van der Waals surface area contributed by atoms with Gasteiger partial charge in [0, 0.05) is 38.0 Å². The molecule has 1 aromatic heterocycles. The molecule has 9 heteroatoms. The number of piperidine rings is 1. The van der Waals surface area contributed by atoms with Gasteiger partial charge in [0.1, 0.15) is 24.3 Å². The minimum atomic E-state index is -0.815. The Morgan fingerprint density at radius 2 is 2.03 bits per heavy atom. The smallest absolute Gasteiger partial charge is 0.318 e. The third-order valence-corrected chi connectivity index (χ3v) is 9.81. The van der Waals surface area contributed by atoms with Crippen LogP contribution >= 0.6 is 0 Å². The van der Waals surface area contributed by atoms with E-state index < -0.39 is 17.4 Å². The third kappa shape index (κ3) is 4.46. The Morgan fingerprint density at radius 1 is 1.15 bits per heavy atom. The molecule has 5 heterocycles. The monoisotopic (exact) mass is 538 g/mol. The number of anilines is 1. The maximum atomic E-state index is 14.4. The lowest BCUT2D eigenvalue weighted by molar-refractivity contribution is -0.0857. The highest BCUT2D eigenvalue weighted by molar-refractivity contribution is 5.53. The number of aromatic hydroxyl groups is 1. The van der Waals surface area contributed by atoms with Crippen LogP contribution in [0.25, 0.3) is 0 Å². The van der Waals surface area contributed by atoms with Crippen LogP contribution in [0.3, 0.4) is 0 Å². The minimum absolute atomic E-state index is 0.246. The summed E-state index contributed by atoms with van der Waals surface area (Å²) in [5.74, 6) is 1.02. The van der Waals surface area contributed by atoms with E-state index >= 15 is 0 Å².